The smallest absolute Gasteiger partial charge is 0.226 e. The molecule has 26 heavy (non-hydrogen) atoms. The Morgan fingerprint density at radius 3 is 2.65 bits per heavy atom. The SMILES string of the molecule is COc1nc(SC)nc2c1C(OC)Nn1c(nnc1-c1ccccc1)S2. The maximum Gasteiger partial charge on any atom is 0.226 e. The number of thioether (sulfide) groups is 1. The van der Waals surface area contributed by atoms with E-state index in [4.69, 9.17) is 9.47 Å². The highest BCUT2D eigenvalue weighted by atomic mass is 32.2. The quantitative estimate of drug-likeness (QED) is 0.412. The molecule has 8 nitrogen and oxygen atoms in total. The number of benzene rings is 1. The Hall–Kier alpha value is -2.30. The minimum atomic E-state index is -0.511. The molecule has 3 aromatic rings. The third kappa shape index (κ3) is 2.89. The minimum Gasteiger partial charge on any atom is -0.481 e. The molecule has 134 valence electrons. The second kappa shape index (κ2) is 7.14. The largest absolute Gasteiger partial charge is 0.481 e. The molecule has 0 fully saturated rings. The molecule has 1 N–H and O–H groups in total. The van der Waals surface area contributed by atoms with Crippen molar-refractivity contribution < 1.29 is 9.47 Å². The van der Waals surface area contributed by atoms with Crippen molar-refractivity contribution in [1.82, 2.24) is 24.8 Å². The highest BCUT2D eigenvalue weighted by Gasteiger charge is 2.31. The lowest BCUT2D eigenvalue weighted by Gasteiger charge is -2.20. The van der Waals surface area contributed by atoms with Gasteiger partial charge in [-0.05, 0) is 18.0 Å². The van der Waals surface area contributed by atoms with Crippen LogP contribution < -0.4 is 10.2 Å². The Morgan fingerprint density at radius 1 is 1.15 bits per heavy atom. The molecule has 1 atom stereocenters. The van der Waals surface area contributed by atoms with Crippen molar-refractivity contribution in [2.24, 2.45) is 0 Å². The zero-order valence-corrected chi connectivity index (χ0v) is 16.0. The molecule has 1 aliphatic heterocycles. The fraction of sp³-hybridized carbons (Fsp3) is 0.250. The Morgan fingerprint density at radius 2 is 1.96 bits per heavy atom. The second-order valence-corrected chi connectivity index (χ2v) is 7.02. The lowest BCUT2D eigenvalue weighted by molar-refractivity contribution is 0.108. The highest BCUT2D eigenvalue weighted by molar-refractivity contribution is 7.99. The average Bonchev–Trinajstić information content (AvgIpc) is 3.00. The maximum absolute atomic E-state index is 5.66. The van der Waals surface area contributed by atoms with Gasteiger partial charge in [-0.1, -0.05) is 42.1 Å². The molecule has 0 aliphatic carbocycles. The van der Waals surface area contributed by atoms with Gasteiger partial charge in [0.05, 0.1) is 12.7 Å². The zero-order chi connectivity index (χ0) is 18.1. The van der Waals surface area contributed by atoms with Crippen molar-refractivity contribution in [3.63, 3.8) is 0 Å². The van der Waals surface area contributed by atoms with Crippen molar-refractivity contribution in [3.05, 3.63) is 35.9 Å². The van der Waals surface area contributed by atoms with E-state index in [-0.39, 0.29) is 0 Å². The first kappa shape index (κ1) is 17.1. The van der Waals surface area contributed by atoms with Crippen molar-refractivity contribution >= 4 is 23.5 Å². The molecular formula is C16H16N6O2S2. The lowest BCUT2D eigenvalue weighted by Crippen LogP contribution is -2.23. The van der Waals surface area contributed by atoms with Gasteiger partial charge >= 0.3 is 0 Å². The van der Waals surface area contributed by atoms with Crippen LogP contribution in [0, 0.1) is 0 Å². The van der Waals surface area contributed by atoms with E-state index < -0.39 is 6.23 Å². The van der Waals surface area contributed by atoms with Gasteiger partial charge in [0.2, 0.25) is 11.0 Å². The number of ether oxygens (including phenoxy) is 2. The van der Waals surface area contributed by atoms with Crippen LogP contribution in [0.3, 0.4) is 0 Å². The Balaban J connectivity index is 1.86. The van der Waals surface area contributed by atoms with Crippen LogP contribution in [-0.2, 0) is 4.74 Å². The van der Waals surface area contributed by atoms with Crippen LogP contribution in [-0.4, -0.2) is 45.3 Å². The number of rotatable bonds is 4. The molecule has 0 saturated carbocycles. The van der Waals surface area contributed by atoms with Crippen LogP contribution in [0.5, 0.6) is 5.88 Å². The normalized spacial score (nSPS) is 15.6. The van der Waals surface area contributed by atoms with E-state index in [1.165, 1.54) is 23.5 Å². The van der Waals surface area contributed by atoms with Gasteiger partial charge in [-0.15, -0.1) is 10.2 Å². The molecule has 1 aliphatic rings. The molecule has 0 bridgehead atoms. The van der Waals surface area contributed by atoms with Crippen LogP contribution >= 0.6 is 23.5 Å². The second-order valence-electron chi connectivity index (χ2n) is 5.29. The topological polar surface area (TPSA) is 87.0 Å². The van der Waals surface area contributed by atoms with Crippen LogP contribution in [0.25, 0.3) is 11.4 Å². The number of hydrogen-bond acceptors (Lipinski definition) is 9. The first-order valence-corrected chi connectivity index (χ1v) is 9.77. The summed E-state index contributed by atoms with van der Waals surface area (Å²) in [6.07, 6.45) is 1.41. The molecule has 0 spiro atoms. The third-order valence-electron chi connectivity index (χ3n) is 3.83. The maximum atomic E-state index is 5.66. The predicted octanol–water partition coefficient (Wildman–Crippen LogP) is 2.82. The van der Waals surface area contributed by atoms with Crippen LogP contribution in [0.1, 0.15) is 11.8 Å². The monoisotopic (exact) mass is 388 g/mol. The molecule has 10 heteroatoms. The molecule has 0 radical (unpaired) electrons. The molecule has 3 heterocycles. The minimum absolute atomic E-state index is 0.478. The van der Waals surface area contributed by atoms with Gasteiger partial charge in [-0.3, -0.25) is 5.43 Å². The molecule has 0 amide bonds. The summed E-state index contributed by atoms with van der Waals surface area (Å²) in [6.45, 7) is 0. The highest BCUT2D eigenvalue weighted by Crippen LogP contribution is 2.41. The van der Waals surface area contributed by atoms with E-state index in [9.17, 15) is 0 Å². The van der Waals surface area contributed by atoms with Crippen LogP contribution in [0.4, 0.5) is 0 Å². The summed E-state index contributed by atoms with van der Waals surface area (Å²) in [6, 6.07) is 9.85. The number of nitrogens with one attached hydrogen (secondary N) is 1. The first-order chi connectivity index (χ1) is 12.7. The lowest BCUT2D eigenvalue weighted by atomic mass is 10.2. The molecule has 4 rings (SSSR count). The van der Waals surface area contributed by atoms with E-state index >= 15 is 0 Å². The Labute approximate surface area is 158 Å². The molecule has 1 aromatic carbocycles. The zero-order valence-electron chi connectivity index (χ0n) is 14.3. The fourth-order valence-corrected chi connectivity index (χ4v) is 3.96. The van der Waals surface area contributed by atoms with Gasteiger partial charge in [0.1, 0.15) is 5.03 Å². The summed E-state index contributed by atoms with van der Waals surface area (Å²) in [7, 11) is 3.20. The van der Waals surface area contributed by atoms with Gasteiger partial charge < -0.3 is 9.47 Å². The Kier molecular flexibility index (Phi) is 4.70. The number of nitrogens with zero attached hydrogens (tertiary/aromatic N) is 5. The summed E-state index contributed by atoms with van der Waals surface area (Å²) >= 11 is 2.85. The summed E-state index contributed by atoms with van der Waals surface area (Å²) in [5, 5.41) is 10.7. The summed E-state index contributed by atoms with van der Waals surface area (Å²) in [4.78, 5) is 9.05. The van der Waals surface area contributed by atoms with Gasteiger partial charge in [0, 0.05) is 12.7 Å². The first-order valence-electron chi connectivity index (χ1n) is 7.73. The van der Waals surface area contributed by atoms with Gasteiger partial charge in [-0.2, -0.15) is 4.98 Å². The molecule has 2 aromatic heterocycles. The molecule has 1 unspecified atom stereocenters. The Bertz CT molecular complexity index is 934. The van der Waals surface area contributed by atoms with Crippen LogP contribution in [0.15, 0.2) is 45.7 Å². The van der Waals surface area contributed by atoms with Crippen LogP contribution in [0.2, 0.25) is 0 Å². The number of methoxy groups -OCH3 is 2. The predicted molar refractivity (Wildman–Crippen MR) is 99.1 cm³/mol. The summed E-state index contributed by atoms with van der Waals surface area (Å²) in [5.74, 6) is 1.17. The van der Waals surface area contributed by atoms with Crippen molar-refractivity contribution in [1.29, 1.82) is 0 Å². The van der Waals surface area contributed by atoms with E-state index in [0.29, 0.717) is 22.0 Å². The molecular weight excluding hydrogens is 372 g/mol. The van der Waals surface area contributed by atoms with Crippen molar-refractivity contribution in [2.45, 2.75) is 21.6 Å². The van der Waals surface area contributed by atoms with E-state index in [1.54, 1.807) is 14.2 Å². The van der Waals surface area contributed by atoms with E-state index in [2.05, 4.69) is 25.6 Å². The fourth-order valence-electron chi connectivity index (χ4n) is 2.63. The molecule has 0 saturated heterocycles. The van der Waals surface area contributed by atoms with Gasteiger partial charge in [-0.25, -0.2) is 9.66 Å². The van der Waals surface area contributed by atoms with E-state index in [0.717, 1.165) is 16.2 Å². The number of aromatic nitrogens is 5. The van der Waals surface area contributed by atoms with E-state index in [1.807, 2.05) is 41.3 Å². The standard InChI is InChI=1S/C16H16N6O2S2/c1-23-12-10-13(24-2)21-22-11(9-7-5-4-6-8-9)19-20-16(22)26-14(10)18-15(17-12)25-3/h4-8,13,21H,1-3H3. The average molecular weight is 388 g/mol. The number of hydrogen-bond donors (Lipinski definition) is 1. The summed E-state index contributed by atoms with van der Waals surface area (Å²) < 4.78 is 13.0. The third-order valence-corrected chi connectivity index (χ3v) is 5.33. The van der Waals surface area contributed by atoms with Gasteiger partial charge in [0.15, 0.2) is 17.2 Å². The van der Waals surface area contributed by atoms with Gasteiger partial charge in [0.25, 0.3) is 0 Å². The van der Waals surface area contributed by atoms with Crippen molar-refractivity contribution in [2.75, 3.05) is 25.9 Å². The number of fused-ring (bicyclic) bond motifs is 2. The summed E-state index contributed by atoms with van der Waals surface area (Å²) in [5.41, 5.74) is 4.99. The van der Waals surface area contributed by atoms with Crippen molar-refractivity contribution in [3.8, 4) is 17.3 Å².